The van der Waals surface area contributed by atoms with Crippen LogP contribution in [0, 0.1) is 0 Å². The standard InChI is InChI=1S/C16H16N2O5/c19-14(12-7-4-8-17-9-12)13(15(20)21)18-16(22)23-10-11-5-2-1-3-6-11/h1-9,13-14,19H,10H2,(H,18,22)(H,20,21)/t13-,14-/m0/s1. The second kappa shape index (κ2) is 7.90. The largest absolute Gasteiger partial charge is 0.480 e. The molecule has 2 aromatic rings. The number of alkyl carbamates (subject to hydrolysis) is 1. The van der Waals surface area contributed by atoms with Crippen molar-refractivity contribution < 1.29 is 24.5 Å². The highest BCUT2D eigenvalue weighted by atomic mass is 16.5. The molecule has 0 aliphatic heterocycles. The van der Waals surface area contributed by atoms with Gasteiger partial charge in [0, 0.05) is 18.0 Å². The van der Waals surface area contributed by atoms with Crippen LogP contribution in [0.2, 0.25) is 0 Å². The number of aliphatic hydroxyl groups is 1. The van der Waals surface area contributed by atoms with E-state index in [1.54, 1.807) is 30.3 Å². The van der Waals surface area contributed by atoms with E-state index in [0.717, 1.165) is 5.56 Å². The van der Waals surface area contributed by atoms with E-state index in [-0.39, 0.29) is 12.2 Å². The van der Waals surface area contributed by atoms with Gasteiger partial charge in [0.05, 0.1) is 0 Å². The zero-order chi connectivity index (χ0) is 16.7. The molecular weight excluding hydrogens is 300 g/mol. The Morgan fingerprint density at radius 1 is 1.17 bits per heavy atom. The summed E-state index contributed by atoms with van der Waals surface area (Å²) in [6, 6.07) is 10.5. The van der Waals surface area contributed by atoms with Gasteiger partial charge in [-0.25, -0.2) is 9.59 Å². The predicted molar refractivity (Wildman–Crippen MR) is 80.4 cm³/mol. The van der Waals surface area contributed by atoms with E-state index < -0.39 is 24.2 Å². The average Bonchev–Trinajstić information content (AvgIpc) is 2.58. The minimum absolute atomic E-state index is 0.00198. The van der Waals surface area contributed by atoms with Crippen LogP contribution < -0.4 is 5.32 Å². The molecule has 120 valence electrons. The molecule has 23 heavy (non-hydrogen) atoms. The fourth-order valence-corrected chi connectivity index (χ4v) is 1.91. The van der Waals surface area contributed by atoms with Gasteiger partial charge in [-0.15, -0.1) is 0 Å². The number of carbonyl (C=O) groups is 2. The summed E-state index contributed by atoms with van der Waals surface area (Å²) in [4.78, 5) is 26.8. The molecule has 0 saturated heterocycles. The first kappa shape index (κ1) is 16.4. The fourth-order valence-electron chi connectivity index (χ4n) is 1.91. The van der Waals surface area contributed by atoms with Crippen molar-refractivity contribution in [3.05, 3.63) is 66.0 Å². The Morgan fingerprint density at radius 3 is 2.52 bits per heavy atom. The summed E-state index contributed by atoms with van der Waals surface area (Å²) in [5.41, 5.74) is 1.05. The van der Waals surface area contributed by atoms with Crippen molar-refractivity contribution in [2.45, 2.75) is 18.8 Å². The first-order valence-corrected chi connectivity index (χ1v) is 6.86. The molecule has 1 amide bonds. The number of aliphatic hydroxyl groups excluding tert-OH is 1. The summed E-state index contributed by atoms with van der Waals surface area (Å²) in [6.45, 7) is 0.00198. The highest BCUT2D eigenvalue weighted by molar-refractivity contribution is 5.80. The normalized spacial score (nSPS) is 12.9. The van der Waals surface area contributed by atoms with Crippen LogP contribution in [-0.4, -0.2) is 33.3 Å². The lowest BCUT2D eigenvalue weighted by Gasteiger charge is -2.20. The van der Waals surface area contributed by atoms with Crippen molar-refractivity contribution in [2.75, 3.05) is 0 Å². The number of carboxylic acid groups (broad SMARTS) is 1. The van der Waals surface area contributed by atoms with E-state index in [0.29, 0.717) is 0 Å². The zero-order valence-electron chi connectivity index (χ0n) is 12.1. The number of amides is 1. The molecule has 0 saturated carbocycles. The van der Waals surface area contributed by atoms with E-state index in [1.165, 1.54) is 18.5 Å². The van der Waals surface area contributed by atoms with Crippen molar-refractivity contribution in [1.29, 1.82) is 0 Å². The first-order chi connectivity index (χ1) is 11.1. The number of hydrogen-bond acceptors (Lipinski definition) is 5. The molecule has 0 spiro atoms. The molecule has 0 bridgehead atoms. The quantitative estimate of drug-likeness (QED) is 0.745. The lowest BCUT2D eigenvalue weighted by atomic mass is 10.0. The minimum Gasteiger partial charge on any atom is -0.480 e. The third-order valence-corrected chi connectivity index (χ3v) is 3.09. The van der Waals surface area contributed by atoms with Gasteiger partial charge in [0.25, 0.3) is 0 Å². The number of pyridine rings is 1. The summed E-state index contributed by atoms with van der Waals surface area (Å²) in [5, 5.41) is 21.4. The molecule has 0 unspecified atom stereocenters. The van der Waals surface area contributed by atoms with Crippen LogP contribution in [0.25, 0.3) is 0 Å². The van der Waals surface area contributed by atoms with Gasteiger partial charge < -0.3 is 20.3 Å². The third-order valence-electron chi connectivity index (χ3n) is 3.09. The van der Waals surface area contributed by atoms with Gasteiger partial charge in [-0.1, -0.05) is 36.4 Å². The number of nitrogens with zero attached hydrogens (tertiary/aromatic N) is 1. The van der Waals surface area contributed by atoms with Crippen LogP contribution >= 0.6 is 0 Å². The molecular formula is C16H16N2O5. The molecule has 7 nitrogen and oxygen atoms in total. The summed E-state index contributed by atoms with van der Waals surface area (Å²) in [7, 11) is 0. The second-order valence-electron chi connectivity index (χ2n) is 4.75. The lowest BCUT2D eigenvalue weighted by molar-refractivity contribution is -0.142. The summed E-state index contributed by atoms with van der Waals surface area (Å²) >= 11 is 0. The molecule has 7 heteroatoms. The lowest BCUT2D eigenvalue weighted by Crippen LogP contribution is -2.45. The van der Waals surface area contributed by atoms with E-state index in [2.05, 4.69) is 10.3 Å². The number of benzene rings is 1. The molecule has 0 aliphatic rings. The molecule has 0 fully saturated rings. The molecule has 1 aromatic carbocycles. The number of aromatic nitrogens is 1. The van der Waals surface area contributed by atoms with Crippen LogP contribution in [0.5, 0.6) is 0 Å². The maximum Gasteiger partial charge on any atom is 0.408 e. The van der Waals surface area contributed by atoms with Crippen molar-refractivity contribution in [3.8, 4) is 0 Å². The van der Waals surface area contributed by atoms with Gasteiger partial charge in [-0.05, 0) is 11.6 Å². The number of aliphatic carboxylic acids is 1. The average molecular weight is 316 g/mol. The summed E-state index contributed by atoms with van der Waals surface area (Å²) in [5.74, 6) is -1.38. The third kappa shape index (κ3) is 4.79. The SMILES string of the molecule is O=C(N[C@H](C(=O)O)[C@@H](O)c1cccnc1)OCc1ccccc1. The molecule has 1 heterocycles. The van der Waals surface area contributed by atoms with Crippen molar-refractivity contribution in [2.24, 2.45) is 0 Å². The first-order valence-electron chi connectivity index (χ1n) is 6.86. The molecule has 3 N–H and O–H groups in total. The van der Waals surface area contributed by atoms with Gasteiger partial charge >= 0.3 is 12.1 Å². The van der Waals surface area contributed by atoms with E-state index in [1.807, 2.05) is 6.07 Å². The van der Waals surface area contributed by atoms with Crippen molar-refractivity contribution in [1.82, 2.24) is 10.3 Å². The Hall–Kier alpha value is -2.93. The highest BCUT2D eigenvalue weighted by Gasteiger charge is 2.30. The van der Waals surface area contributed by atoms with Crippen LogP contribution in [0.1, 0.15) is 17.2 Å². The second-order valence-corrected chi connectivity index (χ2v) is 4.75. The number of hydrogen-bond donors (Lipinski definition) is 3. The van der Waals surface area contributed by atoms with Crippen LogP contribution in [0.3, 0.4) is 0 Å². The highest BCUT2D eigenvalue weighted by Crippen LogP contribution is 2.16. The minimum atomic E-state index is -1.54. The Balaban J connectivity index is 1.96. The van der Waals surface area contributed by atoms with Crippen LogP contribution in [-0.2, 0) is 16.1 Å². The maximum absolute atomic E-state index is 11.7. The number of nitrogens with one attached hydrogen (secondary N) is 1. The number of carbonyl (C=O) groups excluding carboxylic acids is 1. The summed E-state index contributed by atoms with van der Waals surface area (Å²) in [6.07, 6.45) is 0.458. The van der Waals surface area contributed by atoms with E-state index in [4.69, 9.17) is 4.74 Å². The van der Waals surface area contributed by atoms with Crippen molar-refractivity contribution in [3.63, 3.8) is 0 Å². The zero-order valence-corrected chi connectivity index (χ0v) is 12.1. The van der Waals surface area contributed by atoms with Gasteiger partial charge in [-0.3, -0.25) is 4.98 Å². The van der Waals surface area contributed by atoms with Gasteiger partial charge in [0.1, 0.15) is 12.7 Å². The van der Waals surface area contributed by atoms with Gasteiger partial charge in [0.15, 0.2) is 6.04 Å². The fraction of sp³-hybridized carbons (Fsp3) is 0.188. The Morgan fingerprint density at radius 2 is 1.91 bits per heavy atom. The molecule has 2 rings (SSSR count). The predicted octanol–water partition coefficient (Wildman–Crippen LogP) is 1.49. The maximum atomic E-state index is 11.7. The van der Waals surface area contributed by atoms with Crippen LogP contribution in [0.15, 0.2) is 54.9 Å². The number of carboxylic acids is 1. The smallest absolute Gasteiger partial charge is 0.408 e. The van der Waals surface area contributed by atoms with Gasteiger partial charge in [-0.2, -0.15) is 0 Å². The topological polar surface area (TPSA) is 109 Å². The summed E-state index contributed by atoms with van der Waals surface area (Å²) < 4.78 is 4.95. The Labute approximate surface area is 132 Å². The van der Waals surface area contributed by atoms with Gasteiger partial charge in [0.2, 0.25) is 0 Å². The molecule has 0 radical (unpaired) electrons. The Kier molecular flexibility index (Phi) is 5.65. The number of ether oxygens (including phenoxy) is 1. The van der Waals surface area contributed by atoms with Crippen LogP contribution in [0.4, 0.5) is 4.79 Å². The monoisotopic (exact) mass is 316 g/mol. The van der Waals surface area contributed by atoms with Crippen molar-refractivity contribution >= 4 is 12.1 Å². The van der Waals surface area contributed by atoms with E-state index in [9.17, 15) is 19.8 Å². The Bertz CT molecular complexity index is 648. The number of rotatable bonds is 6. The molecule has 0 aliphatic carbocycles. The molecule has 1 aromatic heterocycles. The van der Waals surface area contributed by atoms with E-state index >= 15 is 0 Å². The molecule has 2 atom stereocenters.